The van der Waals surface area contributed by atoms with Gasteiger partial charge in [0.25, 0.3) is 0 Å². The molecule has 7 heteroatoms. The molecule has 1 saturated carbocycles. The topological polar surface area (TPSA) is 109 Å². The first kappa shape index (κ1) is 13.8. The van der Waals surface area contributed by atoms with Gasteiger partial charge in [0.1, 0.15) is 0 Å². The van der Waals surface area contributed by atoms with Gasteiger partial charge in [0, 0.05) is 11.7 Å². The molecule has 4 N–H and O–H groups in total. The number of nitrogens with one attached hydrogen (secondary N) is 1. The number of benzene rings is 1. The second-order valence-electron chi connectivity index (χ2n) is 4.96. The number of anilines is 1. The monoisotopic (exact) mass is 284 g/mol. The molecular weight excluding hydrogens is 268 g/mol. The molecule has 0 spiro atoms. The van der Waals surface area contributed by atoms with Gasteiger partial charge in [-0.3, -0.25) is 0 Å². The Balaban J connectivity index is 2.32. The first-order valence-corrected chi connectivity index (χ1v) is 7.43. The summed E-state index contributed by atoms with van der Waals surface area (Å²) in [5.74, 6) is -0.812. The summed E-state index contributed by atoms with van der Waals surface area (Å²) in [5.41, 5.74) is 5.40. The van der Waals surface area contributed by atoms with E-state index >= 15 is 0 Å². The third-order valence-corrected chi connectivity index (χ3v) is 4.80. The van der Waals surface area contributed by atoms with Crippen LogP contribution >= 0.6 is 0 Å². The Bertz CT molecular complexity index is 606. The number of carboxylic acids is 1. The van der Waals surface area contributed by atoms with E-state index in [4.69, 9.17) is 10.8 Å². The van der Waals surface area contributed by atoms with Crippen molar-refractivity contribution < 1.29 is 18.3 Å². The lowest BCUT2D eigenvalue weighted by atomic mass is 9.83. The zero-order valence-corrected chi connectivity index (χ0v) is 11.3. The number of nitrogens with two attached hydrogens (primary N) is 1. The summed E-state index contributed by atoms with van der Waals surface area (Å²) in [5, 5.41) is 9.05. The molecule has 1 fully saturated rings. The van der Waals surface area contributed by atoms with E-state index in [1.54, 1.807) is 0 Å². The lowest BCUT2D eigenvalue weighted by Crippen LogP contribution is -2.43. The van der Waals surface area contributed by atoms with Crippen LogP contribution in [-0.2, 0) is 10.0 Å². The van der Waals surface area contributed by atoms with E-state index in [2.05, 4.69) is 4.72 Å². The van der Waals surface area contributed by atoms with Crippen molar-refractivity contribution in [3.63, 3.8) is 0 Å². The van der Waals surface area contributed by atoms with Gasteiger partial charge in [-0.25, -0.2) is 17.9 Å². The molecule has 1 aromatic rings. The number of hydrogen-bond donors (Lipinski definition) is 3. The molecule has 0 radical (unpaired) electrons. The number of sulfonamides is 1. The highest BCUT2D eigenvalue weighted by Crippen LogP contribution is 2.28. The number of carbonyl (C=O) groups is 1. The Labute approximate surface area is 111 Å². The Morgan fingerprint density at radius 1 is 1.42 bits per heavy atom. The third kappa shape index (κ3) is 2.87. The predicted molar refractivity (Wildman–Crippen MR) is 70.3 cm³/mol. The third-order valence-electron chi connectivity index (χ3n) is 3.22. The summed E-state index contributed by atoms with van der Waals surface area (Å²) in [6, 6.07) is 3.65. The Kier molecular flexibility index (Phi) is 3.51. The van der Waals surface area contributed by atoms with Crippen molar-refractivity contribution in [1.29, 1.82) is 0 Å². The van der Waals surface area contributed by atoms with Crippen LogP contribution in [-0.4, -0.2) is 25.5 Å². The maximum Gasteiger partial charge on any atom is 0.337 e. The molecule has 0 saturated heterocycles. The van der Waals surface area contributed by atoms with Gasteiger partial charge in [0.2, 0.25) is 10.0 Å². The van der Waals surface area contributed by atoms with Gasteiger partial charge < -0.3 is 10.8 Å². The number of carboxylic acid groups (broad SMARTS) is 1. The summed E-state index contributed by atoms with van der Waals surface area (Å²) in [7, 11) is -3.82. The first-order chi connectivity index (χ1) is 8.79. The lowest BCUT2D eigenvalue weighted by Gasteiger charge is -2.33. The summed E-state index contributed by atoms with van der Waals surface area (Å²) >= 11 is 0. The van der Waals surface area contributed by atoms with Crippen LogP contribution in [0, 0.1) is 5.92 Å². The standard InChI is InChI=1S/C12H16N2O4S/c1-7-4-9(5-7)14-19(17,18)11-3-2-8(13)6-10(11)12(15)16/h2-3,6-7,9,14H,4-5,13H2,1H3,(H,15,16). The van der Waals surface area contributed by atoms with Crippen molar-refractivity contribution in [2.24, 2.45) is 5.92 Å². The first-order valence-electron chi connectivity index (χ1n) is 5.95. The second-order valence-corrected chi connectivity index (χ2v) is 6.64. The van der Waals surface area contributed by atoms with Crippen LogP contribution in [0.5, 0.6) is 0 Å². The summed E-state index contributed by atoms with van der Waals surface area (Å²) in [6.07, 6.45) is 1.55. The van der Waals surface area contributed by atoms with Gasteiger partial charge in [-0.15, -0.1) is 0 Å². The average Bonchev–Trinajstić information content (AvgIpc) is 2.26. The lowest BCUT2D eigenvalue weighted by molar-refractivity contribution is 0.0692. The minimum absolute atomic E-state index is 0.112. The quantitative estimate of drug-likeness (QED) is 0.716. The fourth-order valence-electron chi connectivity index (χ4n) is 2.23. The van der Waals surface area contributed by atoms with Gasteiger partial charge in [-0.05, 0) is 37.0 Å². The molecule has 0 unspecified atom stereocenters. The zero-order valence-electron chi connectivity index (χ0n) is 10.5. The van der Waals surface area contributed by atoms with Gasteiger partial charge in [0.05, 0.1) is 10.5 Å². The van der Waals surface area contributed by atoms with E-state index in [9.17, 15) is 13.2 Å². The normalized spacial score (nSPS) is 22.8. The molecule has 0 heterocycles. The van der Waals surface area contributed by atoms with Gasteiger partial charge in [0.15, 0.2) is 0 Å². The van der Waals surface area contributed by atoms with E-state index in [1.807, 2.05) is 6.92 Å². The van der Waals surface area contributed by atoms with E-state index < -0.39 is 16.0 Å². The number of aromatic carboxylic acids is 1. The molecular formula is C12H16N2O4S. The van der Waals surface area contributed by atoms with Gasteiger partial charge >= 0.3 is 5.97 Å². The SMILES string of the molecule is CC1CC(NS(=O)(=O)c2ccc(N)cc2C(=O)O)C1. The fraction of sp³-hybridized carbons (Fsp3) is 0.417. The van der Waals surface area contributed by atoms with Crippen molar-refractivity contribution in [1.82, 2.24) is 4.72 Å². The zero-order chi connectivity index (χ0) is 14.2. The molecule has 2 rings (SSSR count). The van der Waals surface area contributed by atoms with Crippen molar-refractivity contribution in [3.05, 3.63) is 23.8 Å². The minimum atomic E-state index is -3.82. The number of nitrogen functional groups attached to an aromatic ring is 1. The van der Waals surface area contributed by atoms with Crippen molar-refractivity contribution in [2.45, 2.75) is 30.7 Å². The number of hydrogen-bond acceptors (Lipinski definition) is 4. The fourth-order valence-corrected chi connectivity index (χ4v) is 3.67. The molecule has 104 valence electrons. The molecule has 0 amide bonds. The smallest absolute Gasteiger partial charge is 0.337 e. The van der Waals surface area contributed by atoms with Crippen LogP contribution in [0.15, 0.2) is 23.1 Å². The van der Waals surface area contributed by atoms with Crippen LogP contribution in [0.25, 0.3) is 0 Å². The second kappa shape index (κ2) is 4.82. The Hall–Kier alpha value is -1.60. The molecule has 6 nitrogen and oxygen atoms in total. The van der Waals surface area contributed by atoms with E-state index in [0.29, 0.717) is 5.92 Å². The molecule has 1 aliphatic carbocycles. The number of rotatable bonds is 4. The highest BCUT2D eigenvalue weighted by Gasteiger charge is 2.31. The van der Waals surface area contributed by atoms with E-state index in [-0.39, 0.29) is 22.2 Å². The molecule has 0 aliphatic heterocycles. The van der Waals surface area contributed by atoms with Crippen LogP contribution < -0.4 is 10.5 Å². The summed E-state index contributed by atoms with van der Waals surface area (Å²) in [4.78, 5) is 10.9. The minimum Gasteiger partial charge on any atom is -0.478 e. The van der Waals surface area contributed by atoms with Crippen molar-refractivity contribution in [2.75, 3.05) is 5.73 Å². The van der Waals surface area contributed by atoms with Crippen LogP contribution in [0.2, 0.25) is 0 Å². The summed E-state index contributed by atoms with van der Waals surface area (Å²) < 4.78 is 26.8. The highest BCUT2D eigenvalue weighted by molar-refractivity contribution is 7.89. The molecule has 1 aromatic carbocycles. The Morgan fingerprint density at radius 2 is 2.05 bits per heavy atom. The maximum atomic E-state index is 12.2. The van der Waals surface area contributed by atoms with Crippen LogP contribution in [0.4, 0.5) is 5.69 Å². The highest BCUT2D eigenvalue weighted by atomic mass is 32.2. The average molecular weight is 284 g/mol. The van der Waals surface area contributed by atoms with Gasteiger partial charge in [-0.2, -0.15) is 0 Å². The molecule has 0 atom stereocenters. The molecule has 1 aliphatic rings. The molecule has 0 aromatic heterocycles. The molecule has 19 heavy (non-hydrogen) atoms. The van der Waals surface area contributed by atoms with Crippen LogP contribution in [0.1, 0.15) is 30.1 Å². The Morgan fingerprint density at radius 3 is 2.58 bits per heavy atom. The van der Waals surface area contributed by atoms with E-state index in [1.165, 1.54) is 12.1 Å². The maximum absolute atomic E-state index is 12.2. The molecule has 0 bridgehead atoms. The van der Waals surface area contributed by atoms with E-state index in [0.717, 1.165) is 18.9 Å². The van der Waals surface area contributed by atoms with Crippen molar-refractivity contribution >= 4 is 21.7 Å². The van der Waals surface area contributed by atoms with Crippen molar-refractivity contribution in [3.8, 4) is 0 Å². The largest absolute Gasteiger partial charge is 0.478 e. The summed E-state index contributed by atoms with van der Waals surface area (Å²) in [6.45, 7) is 2.04. The predicted octanol–water partition coefficient (Wildman–Crippen LogP) is 1.04. The van der Waals surface area contributed by atoms with Crippen LogP contribution in [0.3, 0.4) is 0 Å². The van der Waals surface area contributed by atoms with Gasteiger partial charge in [-0.1, -0.05) is 6.92 Å².